The number of rotatable bonds is 5. The Hall–Kier alpha value is -2.07. The van der Waals surface area contributed by atoms with Gasteiger partial charge in [-0.25, -0.2) is 0 Å². The standard InChI is InChI=1S/C17H21N3O/c1-11-5-4-6-16-17(11)14(9-19-16)7-8-18-10-15-12(2)20-21-13(15)3/h4-6,9,18-19H,7-8,10H2,1-3H3. The van der Waals surface area contributed by atoms with Gasteiger partial charge in [0.2, 0.25) is 0 Å². The Morgan fingerprint density at radius 1 is 1.24 bits per heavy atom. The van der Waals surface area contributed by atoms with E-state index in [9.17, 15) is 0 Å². The van der Waals surface area contributed by atoms with Crippen LogP contribution in [0.5, 0.6) is 0 Å². The van der Waals surface area contributed by atoms with E-state index in [1.807, 2.05) is 13.8 Å². The molecule has 3 rings (SSSR count). The summed E-state index contributed by atoms with van der Waals surface area (Å²) in [5, 5.41) is 8.81. The van der Waals surface area contributed by atoms with Crippen LogP contribution in [-0.4, -0.2) is 16.7 Å². The summed E-state index contributed by atoms with van der Waals surface area (Å²) >= 11 is 0. The number of aryl methyl sites for hydroxylation is 3. The van der Waals surface area contributed by atoms with Crippen LogP contribution in [0.25, 0.3) is 10.9 Å². The summed E-state index contributed by atoms with van der Waals surface area (Å²) in [5.41, 5.74) is 6.06. The van der Waals surface area contributed by atoms with Crippen LogP contribution in [0.2, 0.25) is 0 Å². The smallest absolute Gasteiger partial charge is 0.138 e. The maximum atomic E-state index is 5.18. The first-order valence-corrected chi connectivity index (χ1v) is 7.35. The number of H-pyrrole nitrogens is 1. The summed E-state index contributed by atoms with van der Waals surface area (Å²) in [6, 6.07) is 6.38. The zero-order valence-electron chi connectivity index (χ0n) is 12.8. The molecular formula is C17H21N3O. The molecular weight excluding hydrogens is 262 g/mol. The Kier molecular flexibility index (Phi) is 3.80. The van der Waals surface area contributed by atoms with Crippen molar-refractivity contribution in [2.75, 3.05) is 6.54 Å². The number of hydrogen-bond donors (Lipinski definition) is 2. The fourth-order valence-corrected chi connectivity index (χ4v) is 2.84. The molecule has 0 aliphatic rings. The average molecular weight is 283 g/mol. The molecule has 21 heavy (non-hydrogen) atoms. The molecule has 0 unspecified atom stereocenters. The molecule has 0 aliphatic carbocycles. The number of fused-ring (bicyclic) bond motifs is 1. The molecule has 2 aromatic heterocycles. The van der Waals surface area contributed by atoms with Gasteiger partial charge in [-0.15, -0.1) is 0 Å². The van der Waals surface area contributed by atoms with Crippen molar-refractivity contribution in [3.8, 4) is 0 Å². The monoisotopic (exact) mass is 283 g/mol. The number of benzene rings is 1. The summed E-state index contributed by atoms with van der Waals surface area (Å²) in [7, 11) is 0. The molecule has 0 fully saturated rings. The molecule has 0 saturated carbocycles. The van der Waals surface area contributed by atoms with Gasteiger partial charge < -0.3 is 14.8 Å². The highest BCUT2D eigenvalue weighted by Crippen LogP contribution is 2.22. The van der Waals surface area contributed by atoms with Crippen molar-refractivity contribution in [1.82, 2.24) is 15.5 Å². The summed E-state index contributed by atoms with van der Waals surface area (Å²) < 4.78 is 5.18. The molecule has 110 valence electrons. The Balaban J connectivity index is 1.63. The van der Waals surface area contributed by atoms with E-state index >= 15 is 0 Å². The minimum Gasteiger partial charge on any atom is -0.361 e. The van der Waals surface area contributed by atoms with E-state index in [0.717, 1.165) is 31.0 Å². The molecule has 0 aliphatic heterocycles. The minimum atomic E-state index is 0.808. The van der Waals surface area contributed by atoms with E-state index in [1.54, 1.807) is 0 Å². The van der Waals surface area contributed by atoms with Crippen LogP contribution in [-0.2, 0) is 13.0 Å². The summed E-state index contributed by atoms with van der Waals surface area (Å²) in [5.74, 6) is 0.905. The first kappa shape index (κ1) is 13.9. The predicted octanol–water partition coefficient (Wildman–Crippen LogP) is 3.41. The number of nitrogens with one attached hydrogen (secondary N) is 2. The summed E-state index contributed by atoms with van der Waals surface area (Å²) in [4.78, 5) is 3.35. The maximum Gasteiger partial charge on any atom is 0.138 e. The molecule has 2 heterocycles. The van der Waals surface area contributed by atoms with Crippen molar-refractivity contribution in [1.29, 1.82) is 0 Å². The quantitative estimate of drug-likeness (QED) is 0.705. The van der Waals surface area contributed by atoms with Crippen LogP contribution in [0.4, 0.5) is 0 Å². The largest absolute Gasteiger partial charge is 0.361 e. The second-order valence-electron chi connectivity index (χ2n) is 5.54. The third kappa shape index (κ3) is 2.72. The van der Waals surface area contributed by atoms with Crippen LogP contribution in [0.1, 0.15) is 28.1 Å². The normalized spacial score (nSPS) is 11.4. The molecule has 2 N–H and O–H groups in total. The summed E-state index contributed by atoms with van der Waals surface area (Å²) in [6.45, 7) is 7.85. The van der Waals surface area contributed by atoms with Gasteiger partial charge in [0.05, 0.1) is 5.69 Å². The van der Waals surface area contributed by atoms with E-state index in [1.165, 1.54) is 27.6 Å². The van der Waals surface area contributed by atoms with E-state index in [4.69, 9.17) is 4.52 Å². The van der Waals surface area contributed by atoms with Gasteiger partial charge in [0.15, 0.2) is 0 Å². The van der Waals surface area contributed by atoms with E-state index < -0.39 is 0 Å². The van der Waals surface area contributed by atoms with E-state index in [-0.39, 0.29) is 0 Å². The molecule has 4 heteroatoms. The van der Waals surface area contributed by atoms with Crippen molar-refractivity contribution >= 4 is 10.9 Å². The van der Waals surface area contributed by atoms with Gasteiger partial charge in [-0.05, 0) is 50.9 Å². The van der Waals surface area contributed by atoms with Gasteiger partial charge in [-0.1, -0.05) is 17.3 Å². The molecule has 4 nitrogen and oxygen atoms in total. The highest BCUT2D eigenvalue weighted by molar-refractivity contribution is 5.86. The van der Waals surface area contributed by atoms with Crippen molar-refractivity contribution in [2.24, 2.45) is 0 Å². The van der Waals surface area contributed by atoms with Crippen molar-refractivity contribution in [2.45, 2.75) is 33.7 Å². The second-order valence-corrected chi connectivity index (χ2v) is 5.54. The summed E-state index contributed by atoms with van der Waals surface area (Å²) in [6.07, 6.45) is 3.13. The van der Waals surface area contributed by atoms with Gasteiger partial charge in [-0.2, -0.15) is 0 Å². The fourth-order valence-electron chi connectivity index (χ4n) is 2.84. The predicted molar refractivity (Wildman–Crippen MR) is 84.4 cm³/mol. The lowest BCUT2D eigenvalue weighted by atomic mass is 10.1. The number of nitrogens with zero attached hydrogens (tertiary/aromatic N) is 1. The molecule has 0 atom stereocenters. The zero-order valence-corrected chi connectivity index (χ0v) is 12.8. The highest BCUT2D eigenvalue weighted by atomic mass is 16.5. The van der Waals surface area contributed by atoms with Crippen molar-refractivity contribution < 1.29 is 4.52 Å². The maximum absolute atomic E-state index is 5.18. The van der Waals surface area contributed by atoms with Crippen LogP contribution in [0, 0.1) is 20.8 Å². The first-order chi connectivity index (χ1) is 10.2. The topological polar surface area (TPSA) is 53.9 Å². The van der Waals surface area contributed by atoms with Crippen LogP contribution < -0.4 is 5.32 Å². The second kappa shape index (κ2) is 5.74. The van der Waals surface area contributed by atoms with Crippen LogP contribution in [0.3, 0.4) is 0 Å². The number of hydrogen-bond acceptors (Lipinski definition) is 3. The van der Waals surface area contributed by atoms with Crippen molar-refractivity contribution in [3.63, 3.8) is 0 Å². The lowest BCUT2D eigenvalue weighted by Gasteiger charge is -2.05. The molecule has 0 radical (unpaired) electrons. The highest BCUT2D eigenvalue weighted by Gasteiger charge is 2.09. The molecule has 0 bridgehead atoms. The van der Waals surface area contributed by atoms with Crippen molar-refractivity contribution in [3.05, 3.63) is 52.5 Å². The van der Waals surface area contributed by atoms with Gasteiger partial charge in [-0.3, -0.25) is 0 Å². The Labute approximate surface area is 124 Å². The molecule has 0 amide bonds. The Morgan fingerprint density at radius 2 is 2.10 bits per heavy atom. The molecule has 0 saturated heterocycles. The third-order valence-corrected chi connectivity index (χ3v) is 4.05. The lowest BCUT2D eigenvalue weighted by Crippen LogP contribution is -2.17. The van der Waals surface area contributed by atoms with Crippen LogP contribution >= 0.6 is 0 Å². The SMILES string of the molecule is Cc1noc(C)c1CNCCc1c[nH]c2cccc(C)c12. The van der Waals surface area contributed by atoms with E-state index in [2.05, 4.69) is 46.8 Å². The molecule has 3 aromatic rings. The van der Waals surface area contributed by atoms with Gasteiger partial charge in [0.1, 0.15) is 5.76 Å². The first-order valence-electron chi connectivity index (χ1n) is 7.35. The number of aromatic nitrogens is 2. The van der Waals surface area contributed by atoms with E-state index in [0.29, 0.717) is 0 Å². The van der Waals surface area contributed by atoms with Gasteiger partial charge in [0.25, 0.3) is 0 Å². The zero-order chi connectivity index (χ0) is 14.8. The Bertz CT molecular complexity index is 735. The average Bonchev–Trinajstić information content (AvgIpc) is 3.02. The van der Waals surface area contributed by atoms with Gasteiger partial charge >= 0.3 is 0 Å². The lowest BCUT2D eigenvalue weighted by molar-refractivity contribution is 0.392. The third-order valence-electron chi connectivity index (χ3n) is 4.05. The minimum absolute atomic E-state index is 0.808. The molecule has 0 spiro atoms. The van der Waals surface area contributed by atoms with Gasteiger partial charge in [0, 0.05) is 29.2 Å². The number of aromatic amines is 1. The van der Waals surface area contributed by atoms with Crippen LogP contribution in [0.15, 0.2) is 28.9 Å². The fraction of sp³-hybridized carbons (Fsp3) is 0.353. The Morgan fingerprint density at radius 3 is 2.86 bits per heavy atom. The molecule has 1 aromatic carbocycles.